The first-order valence-corrected chi connectivity index (χ1v) is 9.14. The van der Waals surface area contributed by atoms with Crippen LogP contribution >= 0.6 is 11.6 Å². The highest BCUT2D eigenvalue weighted by Crippen LogP contribution is 2.45. The van der Waals surface area contributed by atoms with Crippen LogP contribution in [0.15, 0.2) is 82.7 Å². The Bertz CT molecular complexity index is 856. The molecule has 134 valence electrons. The number of aliphatic imine (C=N–C) groups is 1. The van der Waals surface area contributed by atoms with Crippen molar-refractivity contribution in [1.29, 1.82) is 0 Å². The van der Waals surface area contributed by atoms with Crippen LogP contribution in [-0.4, -0.2) is 18.0 Å². The Labute approximate surface area is 157 Å². The van der Waals surface area contributed by atoms with E-state index >= 15 is 0 Å². The van der Waals surface area contributed by atoms with E-state index in [2.05, 4.69) is 4.99 Å². The van der Waals surface area contributed by atoms with Crippen LogP contribution in [0, 0.1) is 5.92 Å². The number of benzene rings is 1. The van der Waals surface area contributed by atoms with Gasteiger partial charge in [0.05, 0.1) is 5.38 Å². The van der Waals surface area contributed by atoms with Gasteiger partial charge in [0.25, 0.3) is 6.02 Å². The van der Waals surface area contributed by atoms with E-state index in [-0.39, 0.29) is 23.1 Å². The molecule has 0 saturated heterocycles. The van der Waals surface area contributed by atoms with Gasteiger partial charge in [0.1, 0.15) is 18.0 Å². The quantitative estimate of drug-likeness (QED) is 0.795. The second kappa shape index (κ2) is 6.76. The fourth-order valence-electron chi connectivity index (χ4n) is 3.89. The molecule has 3 nitrogen and oxygen atoms in total. The smallest absolute Gasteiger partial charge is 0.283 e. The summed E-state index contributed by atoms with van der Waals surface area (Å²) in [6.07, 6.45) is 10.3. The van der Waals surface area contributed by atoms with Crippen LogP contribution in [0.2, 0.25) is 0 Å². The van der Waals surface area contributed by atoms with E-state index < -0.39 is 5.54 Å². The van der Waals surface area contributed by atoms with Crippen molar-refractivity contribution in [3.63, 3.8) is 0 Å². The predicted octanol–water partition coefficient (Wildman–Crippen LogP) is 4.52. The van der Waals surface area contributed by atoms with Gasteiger partial charge in [-0.15, -0.1) is 11.6 Å². The van der Waals surface area contributed by atoms with E-state index in [0.717, 1.165) is 11.1 Å². The number of halogens is 2. The minimum absolute atomic E-state index is 0.0546. The Balaban J connectivity index is 1.71. The van der Waals surface area contributed by atoms with Gasteiger partial charge in [-0.1, -0.05) is 54.6 Å². The Kier molecular flexibility index (Phi) is 4.45. The van der Waals surface area contributed by atoms with E-state index in [0.29, 0.717) is 25.0 Å². The van der Waals surface area contributed by atoms with Gasteiger partial charge in [0.15, 0.2) is 0 Å². The van der Waals surface area contributed by atoms with Crippen LogP contribution in [0.4, 0.5) is 4.39 Å². The summed E-state index contributed by atoms with van der Waals surface area (Å²) in [5.74, 6) is -0.258. The Morgan fingerprint density at radius 1 is 1.19 bits per heavy atom. The second-order valence-corrected chi connectivity index (χ2v) is 7.38. The summed E-state index contributed by atoms with van der Waals surface area (Å²) in [5.41, 5.74) is 7.88. The Hall–Kier alpha value is -2.33. The number of allylic oxidation sites excluding steroid dienone is 7. The third-order valence-corrected chi connectivity index (χ3v) is 5.54. The molecule has 26 heavy (non-hydrogen) atoms. The number of nitrogens with zero attached hydrogens (tertiary/aromatic N) is 1. The fourth-order valence-corrected chi connectivity index (χ4v) is 4.14. The summed E-state index contributed by atoms with van der Waals surface area (Å²) in [4.78, 5) is 4.65. The van der Waals surface area contributed by atoms with E-state index in [1.807, 2.05) is 54.6 Å². The Morgan fingerprint density at radius 3 is 2.69 bits per heavy atom. The normalized spacial score (nSPS) is 30.8. The summed E-state index contributed by atoms with van der Waals surface area (Å²) in [6, 6.07) is 10.1. The molecule has 0 bridgehead atoms. The maximum Gasteiger partial charge on any atom is 0.283 e. The number of hydrogen-bond acceptors (Lipinski definition) is 3. The maximum atomic E-state index is 14.6. The minimum Gasteiger partial charge on any atom is -0.462 e. The van der Waals surface area contributed by atoms with Crippen molar-refractivity contribution < 1.29 is 9.13 Å². The number of hydrogen-bond donors (Lipinski definition) is 1. The van der Waals surface area contributed by atoms with Crippen molar-refractivity contribution in [2.45, 2.75) is 23.8 Å². The molecule has 3 aliphatic rings. The van der Waals surface area contributed by atoms with E-state index in [9.17, 15) is 4.39 Å². The molecule has 4 rings (SSSR count). The standard InChI is InChI=1S/C21H20ClFN2O/c22-17-8-4-5-14(11-17)18-12-16(9-10-19(18)23)21(13-26-20(24)25-21)15-6-2-1-3-7-15/h1-10,16-17H,11-13H2,(H2,24,25). The zero-order valence-electron chi connectivity index (χ0n) is 14.2. The molecule has 1 aliphatic heterocycles. The van der Waals surface area contributed by atoms with Crippen molar-refractivity contribution in [3.05, 3.63) is 83.2 Å². The lowest BCUT2D eigenvalue weighted by Gasteiger charge is -2.35. The van der Waals surface area contributed by atoms with Crippen LogP contribution in [0.3, 0.4) is 0 Å². The van der Waals surface area contributed by atoms with Gasteiger partial charge >= 0.3 is 0 Å². The lowest BCUT2D eigenvalue weighted by Crippen LogP contribution is -2.35. The molecule has 5 heteroatoms. The summed E-state index contributed by atoms with van der Waals surface area (Å²) in [5, 5.41) is -0.105. The van der Waals surface area contributed by atoms with Crippen molar-refractivity contribution in [2.75, 3.05) is 6.61 Å². The zero-order valence-corrected chi connectivity index (χ0v) is 15.0. The third kappa shape index (κ3) is 2.99. The molecule has 0 amide bonds. The molecule has 3 atom stereocenters. The first kappa shape index (κ1) is 17.1. The highest BCUT2D eigenvalue weighted by molar-refractivity contribution is 6.22. The molecular weight excluding hydrogens is 351 g/mol. The van der Waals surface area contributed by atoms with Crippen molar-refractivity contribution in [3.8, 4) is 0 Å². The summed E-state index contributed by atoms with van der Waals surface area (Å²) < 4.78 is 20.2. The number of alkyl halides is 1. The molecule has 1 aromatic carbocycles. The first-order chi connectivity index (χ1) is 12.6. The summed E-state index contributed by atoms with van der Waals surface area (Å²) in [7, 11) is 0. The van der Waals surface area contributed by atoms with Gasteiger partial charge in [-0.25, -0.2) is 9.38 Å². The van der Waals surface area contributed by atoms with E-state index in [1.165, 1.54) is 0 Å². The summed E-state index contributed by atoms with van der Waals surface area (Å²) >= 11 is 6.24. The van der Waals surface area contributed by atoms with Gasteiger partial charge in [0.2, 0.25) is 0 Å². The molecule has 1 aromatic rings. The molecule has 1 heterocycles. The van der Waals surface area contributed by atoms with Crippen molar-refractivity contribution in [2.24, 2.45) is 16.6 Å². The Morgan fingerprint density at radius 2 is 2.00 bits per heavy atom. The summed E-state index contributed by atoms with van der Waals surface area (Å²) in [6.45, 7) is 0.351. The van der Waals surface area contributed by atoms with Crippen LogP contribution < -0.4 is 5.73 Å². The monoisotopic (exact) mass is 370 g/mol. The lowest BCUT2D eigenvalue weighted by molar-refractivity contribution is 0.210. The molecule has 3 unspecified atom stereocenters. The number of nitrogens with two attached hydrogens (primary N) is 1. The molecule has 2 N–H and O–H groups in total. The average molecular weight is 371 g/mol. The number of rotatable bonds is 3. The van der Waals surface area contributed by atoms with Crippen LogP contribution in [-0.2, 0) is 10.3 Å². The van der Waals surface area contributed by atoms with Gasteiger partial charge in [-0.3, -0.25) is 0 Å². The van der Waals surface area contributed by atoms with Gasteiger partial charge in [0, 0.05) is 5.92 Å². The molecular formula is C21H20ClFN2O. The number of amidine groups is 1. The molecule has 0 saturated carbocycles. The first-order valence-electron chi connectivity index (χ1n) is 8.71. The third-order valence-electron chi connectivity index (χ3n) is 5.24. The predicted molar refractivity (Wildman–Crippen MR) is 103 cm³/mol. The average Bonchev–Trinajstić information content (AvgIpc) is 3.06. The second-order valence-electron chi connectivity index (χ2n) is 6.82. The molecule has 0 aromatic heterocycles. The molecule has 0 fully saturated rings. The molecule has 2 aliphatic carbocycles. The molecule has 0 radical (unpaired) electrons. The highest BCUT2D eigenvalue weighted by Gasteiger charge is 2.45. The van der Waals surface area contributed by atoms with Crippen LogP contribution in [0.25, 0.3) is 0 Å². The van der Waals surface area contributed by atoms with Crippen LogP contribution in [0.1, 0.15) is 18.4 Å². The number of ether oxygens (including phenoxy) is 1. The topological polar surface area (TPSA) is 47.6 Å². The van der Waals surface area contributed by atoms with E-state index in [1.54, 1.807) is 6.08 Å². The SMILES string of the molecule is NC1=NC(c2ccccc2)(C2C=CC(F)=C(C3=CC=CC(Cl)C3)C2)CO1. The van der Waals surface area contributed by atoms with Gasteiger partial charge < -0.3 is 10.5 Å². The maximum absolute atomic E-state index is 14.6. The largest absolute Gasteiger partial charge is 0.462 e. The molecule has 0 spiro atoms. The van der Waals surface area contributed by atoms with Gasteiger partial charge in [-0.05, 0) is 35.6 Å². The lowest BCUT2D eigenvalue weighted by atomic mass is 9.73. The zero-order chi connectivity index (χ0) is 18.1. The fraction of sp³-hybridized carbons (Fsp3) is 0.286. The van der Waals surface area contributed by atoms with Crippen molar-refractivity contribution >= 4 is 17.6 Å². The van der Waals surface area contributed by atoms with Crippen molar-refractivity contribution in [1.82, 2.24) is 0 Å². The van der Waals surface area contributed by atoms with Crippen LogP contribution in [0.5, 0.6) is 0 Å². The van der Waals surface area contributed by atoms with E-state index in [4.69, 9.17) is 22.1 Å². The van der Waals surface area contributed by atoms with Gasteiger partial charge in [-0.2, -0.15) is 0 Å². The minimum atomic E-state index is -0.640. The highest BCUT2D eigenvalue weighted by atomic mass is 35.5.